The van der Waals surface area contributed by atoms with Crippen molar-refractivity contribution in [1.29, 1.82) is 0 Å². The van der Waals surface area contributed by atoms with E-state index in [2.05, 4.69) is 0 Å². The Kier molecular flexibility index (Phi) is 4.94. The number of aliphatic hydroxyl groups excluding tert-OH is 1. The zero-order valence-electron chi connectivity index (χ0n) is 11.5. The Balaban J connectivity index is 2.22. The summed E-state index contributed by atoms with van der Waals surface area (Å²) in [5, 5.41) is 18.0. The monoisotopic (exact) mass is 314 g/mol. The summed E-state index contributed by atoms with van der Waals surface area (Å²) in [6.07, 6.45) is 0. The van der Waals surface area contributed by atoms with Crippen molar-refractivity contribution in [3.63, 3.8) is 0 Å². The van der Waals surface area contributed by atoms with Gasteiger partial charge in [0.05, 0.1) is 17.1 Å². The van der Waals surface area contributed by atoms with Crippen molar-refractivity contribution in [3.05, 3.63) is 29.8 Å². The Morgan fingerprint density at radius 2 is 1.76 bits per heavy atom. The van der Waals surface area contributed by atoms with E-state index < -0.39 is 16.0 Å². The van der Waals surface area contributed by atoms with Crippen LogP contribution in [0.5, 0.6) is 0 Å². The Hall–Kier alpha value is -1.48. The number of carboxylic acids is 1. The van der Waals surface area contributed by atoms with Crippen LogP contribution in [0.25, 0.3) is 0 Å². The van der Waals surface area contributed by atoms with E-state index in [0.29, 0.717) is 19.6 Å². The van der Waals surface area contributed by atoms with Gasteiger partial charge >= 0.3 is 5.97 Å². The van der Waals surface area contributed by atoms with Gasteiger partial charge in [0, 0.05) is 32.7 Å². The first-order valence-electron chi connectivity index (χ1n) is 6.62. The van der Waals surface area contributed by atoms with Crippen LogP contribution in [0.15, 0.2) is 29.2 Å². The molecule has 1 aromatic rings. The van der Waals surface area contributed by atoms with Gasteiger partial charge in [-0.1, -0.05) is 12.1 Å². The van der Waals surface area contributed by atoms with Crippen molar-refractivity contribution in [2.45, 2.75) is 4.90 Å². The molecule has 116 valence electrons. The summed E-state index contributed by atoms with van der Waals surface area (Å²) in [5.41, 5.74) is -0.213. The number of benzene rings is 1. The summed E-state index contributed by atoms with van der Waals surface area (Å²) in [6.45, 7) is 2.17. The number of nitrogens with zero attached hydrogens (tertiary/aromatic N) is 2. The lowest BCUT2D eigenvalue weighted by atomic mass is 10.2. The van der Waals surface area contributed by atoms with Gasteiger partial charge in [0.15, 0.2) is 0 Å². The molecular weight excluding hydrogens is 296 g/mol. The highest BCUT2D eigenvalue weighted by molar-refractivity contribution is 7.89. The van der Waals surface area contributed by atoms with Gasteiger partial charge in [0.25, 0.3) is 0 Å². The molecule has 0 saturated carbocycles. The molecule has 0 aliphatic carbocycles. The van der Waals surface area contributed by atoms with Crippen LogP contribution in [0.3, 0.4) is 0 Å². The largest absolute Gasteiger partial charge is 0.478 e. The minimum absolute atomic E-state index is 0.0363. The second-order valence-electron chi connectivity index (χ2n) is 4.77. The second-order valence-corrected chi connectivity index (χ2v) is 6.68. The van der Waals surface area contributed by atoms with Crippen molar-refractivity contribution in [3.8, 4) is 0 Å². The van der Waals surface area contributed by atoms with Crippen LogP contribution in [0.4, 0.5) is 0 Å². The minimum Gasteiger partial charge on any atom is -0.478 e. The first-order valence-corrected chi connectivity index (χ1v) is 8.06. The summed E-state index contributed by atoms with van der Waals surface area (Å²) >= 11 is 0. The average Bonchev–Trinajstić information content (AvgIpc) is 2.48. The number of aromatic carboxylic acids is 1. The van der Waals surface area contributed by atoms with Gasteiger partial charge in [0.2, 0.25) is 10.0 Å². The fraction of sp³-hybridized carbons (Fsp3) is 0.462. The lowest BCUT2D eigenvalue weighted by Gasteiger charge is -2.33. The van der Waals surface area contributed by atoms with Crippen LogP contribution in [-0.4, -0.2) is 73.1 Å². The van der Waals surface area contributed by atoms with Gasteiger partial charge in [-0.2, -0.15) is 4.31 Å². The third-order valence-electron chi connectivity index (χ3n) is 3.48. The predicted octanol–water partition coefficient (Wildman–Crippen LogP) is -0.317. The summed E-state index contributed by atoms with van der Waals surface area (Å²) in [4.78, 5) is 13.0. The molecule has 8 heteroatoms. The summed E-state index contributed by atoms with van der Waals surface area (Å²) in [6, 6.07) is 5.62. The Morgan fingerprint density at radius 3 is 2.33 bits per heavy atom. The maximum atomic E-state index is 12.6. The standard InChI is InChI=1S/C13H18N2O5S/c16-10-9-14-5-7-15(8-6-14)21(19,20)12-4-2-1-3-11(12)13(17)18/h1-4,16H,5-10H2,(H,17,18). The van der Waals surface area contributed by atoms with Crippen molar-refractivity contribution < 1.29 is 23.4 Å². The molecule has 0 spiro atoms. The average molecular weight is 314 g/mol. The summed E-state index contributed by atoms with van der Waals surface area (Å²) < 4.78 is 26.4. The van der Waals surface area contributed by atoms with Crippen LogP contribution in [0.1, 0.15) is 10.4 Å². The predicted molar refractivity (Wildman–Crippen MR) is 75.7 cm³/mol. The second kappa shape index (κ2) is 6.52. The molecule has 0 bridgehead atoms. The molecule has 1 aromatic carbocycles. The fourth-order valence-corrected chi connectivity index (χ4v) is 3.95. The first kappa shape index (κ1) is 15.9. The molecule has 1 saturated heterocycles. The topological polar surface area (TPSA) is 98.1 Å². The van der Waals surface area contributed by atoms with Crippen LogP contribution in [0.2, 0.25) is 0 Å². The fourth-order valence-electron chi connectivity index (χ4n) is 2.34. The van der Waals surface area contributed by atoms with E-state index in [1.807, 2.05) is 4.90 Å². The van der Waals surface area contributed by atoms with Gasteiger partial charge < -0.3 is 10.2 Å². The molecule has 1 heterocycles. The van der Waals surface area contributed by atoms with Crippen LogP contribution in [-0.2, 0) is 10.0 Å². The molecule has 21 heavy (non-hydrogen) atoms. The van der Waals surface area contributed by atoms with E-state index in [-0.39, 0.29) is 30.2 Å². The van der Waals surface area contributed by atoms with Crippen molar-refractivity contribution in [2.24, 2.45) is 0 Å². The maximum Gasteiger partial charge on any atom is 0.337 e. The third-order valence-corrected chi connectivity index (χ3v) is 5.44. The number of aliphatic hydroxyl groups is 1. The zero-order valence-corrected chi connectivity index (χ0v) is 12.3. The molecule has 7 nitrogen and oxygen atoms in total. The first-order chi connectivity index (χ1) is 9.96. The van der Waals surface area contributed by atoms with Crippen molar-refractivity contribution in [2.75, 3.05) is 39.3 Å². The molecule has 0 aromatic heterocycles. The number of rotatable bonds is 5. The Morgan fingerprint density at radius 1 is 1.14 bits per heavy atom. The van der Waals surface area contributed by atoms with Crippen LogP contribution < -0.4 is 0 Å². The van der Waals surface area contributed by atoms with E-state index in [4.69, 9.17) is 10.2 Å². The number of piperazine rings is 1. The van der Waals surface area contributed by atoms with Gasteiger partial charge in [-0.05, 0) is 12.1 Å². The maximum absolute atomic E-state index is 12.6. The van der Waals surface area contributed by atoms with Gasteiger partial charge in [0.1, 0.15) is 0 Å². The smallest absolute Gasteiger partial charge is 0.337 e. The quantitative estimate of drug-likeness (QED) is 0.773. The molecular formula is C13H18N2O5S. The molecule has 0 amide bonds. The van der Waals surface area contributed by atoms with E-state index in [0.717, 1.165) is 0 Å². The summed E-state index contributed by atoms with van der Waals surface area (Å²) in [5.74, 6) is -1.26. The molecule has 2 N–H and O–H groups in total. The number of carbonyl (C=O) groups is 1. The van der Waals surface area contributed by atoms with Crippen LogP contribution in [0, 0.1) is 0 Å². The van der Waals surface area contributed by atoms with E-state index in [1.165, 1.54) is 28.6 Å². The van der Waals surface area contributed by atoms with Crippen molar-refractivity contribution in [1.82, 2.24) is 9.21 Å². The molecule has 1 fully saturated rings. The molecule has 0 unspecified atom stereocenters. The highest BCUT2D eigenvalue weighted by Gasteiger charge is 2.31. The Labute approximate surface area is 123 Å². The molecule has 2 rings (SSSR count). The number of β-amino-alcohol motifs (C(OH)–C–C–N with tert-alkyl or cyclic N) is 1. The van der Waals surface area contributed by atoms with Gasteiger partial charge in [-0.25, -0.2) is 13.2 Å². The van der Waals surface area contributed by atoms with E-state index in [1.54, 1.807) is 0 Å². The molecule has 0 atom stereocenters. The lowest BCUT2D eigenvalue weighted by Crippen LogP contribution is -2.49. The highest BCUT2D eigenvalue weighted by Crippen LogP contribution is 2.21. The van der Waals surface area contributed by atoms with E-state index >= 15 is 0 Å². The van der Waals surface area contributed by atoms with E-state index in [9.17, 15) is 13.2 Å². The molecule has 0 radical (unpaired) electrons. The van der Waals surface area contributed by atoms with Crippen LogP contribution >= 0.6 is 0 Å². The number of carboxylic acid groups (broad SMARTS) is 1. The third kappa shape index (κ3) is 3.41. The zero-order chi connectivity index (χ0) is 15.5. The summed E-state index contributed by atoms with van der Waals surface area (Å²) in [7, 11) is -3.81. The van der Waals surface area contributed by atoms with Gasteiger partial charge in [-0.15, -0.1) is 0 Å². The molecule has 1 aliphatic heterocycles. The Bertz CT molecular complexity index is 609. The minimum atomic E-state index is -3.81. The SMILES string of the molecule is O=C(O)c1ccccc1S(=O)(=O)N1CCN(CCO)CC1. The van der Waals surface area contributed by atoms with Gasteiger partial charge in [-0.3, -0.25) is 4.90 Å². The number of hydrogen-bond acceptors (Lipinski definition) is 5. The molecule has 1 aliphatic rings. The normalized spacial score (nSPS) is 17.8. The van der Waals surface area contributed by atoms with Crippen molar-refractivity contribution >= 4 is 16.0 Å². The number of hydrogen-bond donors (Lipinski definition) is 2. The highest BCUT2D eigenvalue weighted by atomic mass is 32.2. The number of sulfonamides is 1. The lowest BCUT2D eigenvalue weighted by molar-refractivity contribution is 0.0692.